The van der Waals surface area contributed by atoms with Crippen molar-refractivity contribution in [2.45, 2.75) is 32.7 Å². The maximum absolute atomic E-state index is 5.47. The van der Waals surface area contributed by atoms with Gasteiger partial charge in [0.15, 0.2) is 0 Å². The Balaban J connectivity index is 1.79. The number of aromatic nitrogens is 3. The van der Waals surface area contributed by atoms with Crippen LogP contribution in [-0.4, -0.2) is 65.2 Å². The fourth-order valence-electron chi connectivity index (χ4n) is 3.09. The molecule has 2 aliphatic heterocycles. The predicted molar refractivity (Wildman–Crippen MR) is 82.0 cm³/mol. The Bertz CT molecular complexity index is 458. The highest BCUT2D eigenvalue weighted by atomic mass is 16.5. The quantitative estimate of drug-likeness (QED) is 0.868. The van der Waals surface area contributed by atoms with Crippen molar-refractivity contribution in [2.24, 2.45) is 0 Å². The van der Waals surface area contributed by atoms with Gasteiger partial charge in [-0.05, 0) is 33.2 Å². The standard InChI is InChI=1S/C14H24N6O/c1-3-15-12-16-13(18-14(17-12)21-4-2)20-9-8-19-7-5-6-11(19)10-20/h11H,3-10H2,1-2H3,(H,15,16,17,18). The van der Waals surface area contributed by atoms with Gasteiger partial charge in [-0.2, -0.15) is 15.0 Å². The molecule has 1 aromatic heterocycles. The first-order valence-corrected chi connectivity index (χ1v) is 7.92. The molecule has 1 unspecified atom stereocenters. The van der Waals surface area contributed by atoms with Gasteiger partial charge in [0.25, 0.3) is 0 Å². The van der Waals surface area contributed by atoms with E-state index in [-0.39, 0.29) is 0 Å². The Kier molecular flexibility index (Phi) is 4.38. The van der Waals surface area contributed by atoms with Crippen LogP contribution < -0.4 is 15.0 Å². The highest BCUT2D eigenvalue weighted by molar-refractivity contribution is 5.39. The van der Waals surface area contributed by atoms with E-state index < -0.39 is 0 Å². The normalized spacial score (nSPS) is 22.2. The van der Waals surface area contributed by atoms with Gasteiger partial charge < -0.3 is 15.0 Å². The molecule has 3 rings (SSSR count). The summed E-state index contributed by atoms with van der Waals surface area (Å²) in [6.45, 7) is 9.61. The average Bonchev–Trinajstić information content (AvgIpc) is 2.95. The van der Waals surface area contributed by atoms with Crippen LogP contribution in [0.15, 0.2) is 0 Å². The van der Waals surface area contributed by atoms with Crippen LogP contribution in [0.2, 0.25) is 0 Å². The van der Waals surface area contributed by atoms with Crippen molar-refractivity contribution in [1.82, 2.24) is 19.9 Å². The van der Waals surface area contributed by atoms with Crippen LogP contribution in [0.5, 0.6) is 6.01 Å². The van der Waals surface area contributed by atoms with Crippen molar-refractivity contribution in [2.75, 3.05) is 49.5 Å². The molecule has 7 nitrogen and oxygen atoms in total. The molecule has 0 aliphatic carbocycles. The summed E-state index contributed by atoms with van der Waals surface area (Å²) >= 11 is 0. The number of hydrogen-bond acceptors (Lipinski definition) is 7. The van der Waals surface area contributed by atoms with Gasteiger partial charge in [0, 0.05) is 32.2 Å². The zero-order valence-corrected chi connectivity index (χ0v) is 12.9. The van der Waals surface area contributed by atoms with Gasteiger partial charge in [0.2, 0.25) is 11.9 Å². The molecule has 0 bridgehead atoms. The van der Waals surface area contributed by atoms with Crippen molar-refractivity contribution in [3.05, 3.63) is 0 Å². The van der Waals surface area contributed by atoms with Gasteiger partial charge in [0.05, 0.1) is 6.61 Å². The molecule has 2 aliphatic rings. The minimum atomic E-state index is 0.410. The molecule has 0 saturated carbocycles. The summed E-state index contributed by atoms with van der Waals surface area (Å²) in [7, 11) is 0. The highest BCUT2D eigenvalue weighted by Gasteiger charge is 2.31. The summed E-state index contributed by atoms with van der Waals surface area (Å²) in [5.41, 5.74) is 0. The third-order valence-electron chi connectivity index (χ3n) is 4.08. The second-order valence-corrected chi connectivity index (χ2v) is 5.48. The van der Waals surface area contributed by atoms with E-state index in [2.05, 4.69) is 30.1 Å². The number of hydrogen-bond donors (Lipinski definition) is 1. The molecule has 116 valence electrons. The maximum atomic E-state index is 5.47. The first-order chi connectivity index (χ1) is 10.3. The molecule has 0 spiro atoms. The van der Waals surface area contributed by atoms with Gasteiger partial charge >= 0.3 is 6.01 Å². The van der Waals surface area contributed by atoms with E-state index in [4.69, 9.17) is 4.74 Å². The first-order valence-electron chi connectivity index (χ1n) is 7.92. The molecule has 2 fully saturated rings. The van der Waals surface area contributed by atoms with Crippen LogP contribution in [0.4, 0.5) is 11.9 Å². The zero-order chi connectivity index (χ0) is 14.7. The van der Waals surface area contributed by atoms with Crippen LogP contribution in [0.3, 0.4) is 0 Å². The molecule has 21 heavy (non-hydrogen) atoms. The van der Waals surface area contributed by atoms with Crippen LogP contribution >= 0.6 is 0 Å². The van der Waals surface area contributed by atoms with Crippen LogP contribution in [0, 0.1) is 0 Å². The minimum absolute atomic E-state index is 0.410. The molecule has 2 saturated heterocycles. The number of nitrogens with one attached hydrogen (secondary N) is 1. The van der Waals surface area contributed by atoms with Gasteiger partial charge in [-0.3, -0.25) is 4.90 Å². The largest absolute Gasteiger partial charge is 0.464 e. The first kappa shape index (κ1) is 14.3. The second kappa shape index (κ2) is 6.43. The summed E-state index contributed by atoms with van der Waals surface area (Å²) in [5.74, 6) is 1.33. The lowest BCUT2D eigenvalue weighted by molar-refractivity contribution is 0.229. The lowest BCUT2D eigenvalue weighted by Gasteiger charge is -2.37. The summed E-state index contributed by atoms with van der Waals surface area (Å²) in [4.78, 5) is 18.1. The summed E-state index contributed by atoms with van der Waals surface area (Å²) in [6.07, 6.45) is 2.59. The fourth-order valence-corrected chi connectivity index (χ4v) is 3.09. The zero-order valence-electron chi connectivity index (χ0n) is 12.9. The second-order valence-electron chi connectivity index (χ2n) is 5.48. The number of piperazine rings is 1. The molecule has 0 aromatic carbocycles. The van der Waals surface area contributed by atoms with Gasteiger partial charge in [-0.15, -0.1) is 0 Å². The van der Waals surface area contributed by atoms with Crippen molar-refractivity contribution in [3.8, 4) is 6.01 Å². The van der Waals surface area contributed by atoms with E-state index >= 15 is 0 Å². The van der Waals surface area contributed by atoms with E-state index in [1.807, 2.05) is 13.8 Å². The SMILES string of the molecule is CCNc1nc(OCC)nc(N2CCN3CCCC3C2)n1. The Labute approximate surface area is 125 Å². The van der Waals surface area contributed by atoms with Gasteiger partial charge in [-0.1, -0.05) is 0 Å². The van der Waals surface area contributed by atoms with E-state index in [0.717, 1.165) is 32.1 Å². The summed E-state index contributed by atoms with van der Waals surface area (Å²) in [6, 6.07) is 1.06. The molecule has 0 radical (unpaired) electrons. The lowest BCUT2D eigenvalue weighted by atomic mass is 10.2. The molecule has 7 heteroatoms. The van der Waals surface area contributed by atoms with E-state index in [9.17, 15) is 0 Å². The summed E-state index contributed by atoms with van der Waals surface area (Å²) in [5, 5.41) is 3.15. The predicted octanol–water partition coefficient (Wildman–Crippen LogP) is 0.986. The van der Waals surface area contributed by atoms with Crippen molar-refractivity contribution in [3.63, 3.8) is 0 Å². The third kappa shape index (κ3) is 3.18. The Morgan fingerprint density at radius 2 is 2.10 bits per heavy atom. The third-order valence-corrected chi connectivity index (χ3v) is 4.08. The number of anilines is 2. The molecular weight excluding hydrogens is 268 g/mol. The number of fused-ring (bicyclic) bond motifs is 1. The average molecular weight is 292 g/mol. The lowest BCUT2D eigenvalue weighted by Crippen LogP contribution is -2.50. The van der Waals surface area contributed by atoms with Gasteiger partial charge in [0.1, 0.15) is 0 Å². The molecule has 0 amide bonds. The number of rotatable bonds is 5. The number of nitrogens with zero attached hydrogens (tertiary/aromatic N) is 5. The van der Waals surface area contributed by atoms with Crippen LogP contribution in [0.25, 0.3) is 0 Å². The smallest absolute Gasteiger partial charge is 0.323 e. The molecule has 1 atom stereocenters. The number of ether oxygens (including phenoxy) is 1. The Hall–Kier alpha value is -1.63. The molecule has 1 aromatic rings. The summed E-state index contributed by atoms with van der Waals surface area (Å²) < 4.78 is 5.47. The van der Waals surface area contributed by atoms with E-state index in [0.29, 0.717) is 24.6 Å². The van der Waals surface area contributed by atoms with E-state index in [1.54, 1.807) is 0 Å². The Morgan fingerprint density at radius 1 is 1.19 bits per heavy atom. The topological polar surface area (TPSA) is 66.4 Å². The monoisotopic (exact) mass is 292 g/mol. The van der Waals surface area contributed by atoms with Crippen molar-refractivity contribution < 1.29 is 4.74 Å². The van der Waals surface area contributed by atoms with Crippen LogP contribution in [0.1, 0.15) is 26.7 Å². The maximum Gasteiger partial charge on any atom is 0.323 e. The molecular formula is C14H24N6O. The fraction of sp³-hybridized carbons (Fsp3) is 0.786. The van der Waals surface area contributed by atoms with Crippen molar-refractivity contribution >= 4 is 11.9 Å². The Morgan fingerprint density at radius 3 is 2.90 bits per heavy atom. The molecule has 1 N–H and O–H groups in total. The van der Waals surface area contributed by atoms with E-state index in [1.165, 1.54) is 19.4 Å². The van der Waals surface area contributed by atoms with Crippen molar-refractivity contribution in [1.29, 1.82) is 0 Å². The molecule has 3 heterocycles. The van der Waals surface area contributed by atoms with Gasteiger partial charge in [-0.25, -0.2) is 0 Å². The minimum Gasteiger partial charge on any atom is -0.464 e. The highest BCUT2D eigenvalue weighted by Crippen LogP contribution is 2.24. The van der Waals surface area contributed by atoms with Crippen LogP contribution in [-0.2, 0) is 0 Å².